The van der Waals surface area contributed by atoms with Gasteiger partial charge in [0.05, 0.1) is 6.10 Å². The SMILES string of the molecule is CC1CCN(CCC(O)c2ccc(F)cc2)CC1C. The van der Waals surface area contributed by atoms with Crippen LogP contribution in [0.5, 0.6) is 0 Å². The first kappa shape index (κ1) is 14.5. The quantitative estimate of drug-likeness (QED) is 0.903. The molecule has 0 spiro atoms. The second-order valence-electron chi connectivity index (χ2n) is 5.90. The molecule has 0 saturated carbocycles. The van der Waals surface area contributed by atoms with Gasteiger partial charge in [0.25, 0.3) is 0 Å². The molecule has 0 bridgehead atoms. The Morgan fingerprint density at radius 3 is 2.58 bits per heavy atom. The minimum atomic E-state index is -0.491. The molecule has 3 atom stereocenters. The topological polar surface area (TPSA) is 23.5 Å². The van der Waals surface area contributed by atoms with Crippen LogP contribution in [0, 0.1) is 17.7 Å². The summed E-state index contributed by atoms with van der Waals surface area (Å²) in [5, 5.41) is 10.1. The lowest BCUT2D eigenvalue weighted by atomic mass is 9.88. The first-order valence-electron chi connectivity index (χ1n) is 7.22. The van der Waals surface area contributed by atoms with Crippen LogP contribution in [0.15, 0.2) is 24.3 Å². The molecule has 3 heteroatoms. The number of hydrogen-bond donors (Lipinski definition) is 1. The van der Waals surface area contributed by atoms with Crippen molar-refractivity contribution in [3.63, 3.8) is 0 Å². The van der Waals surface area contributed by atoms with Crippen LogP contribution in [0.1, 0.15) is 38.4 Å². The fourth-order valence-electron chi connectivity index (χ4n) is 2.71. The van der Waals surface area contributed by atoms with E-state index >= 15 is 0 Å². The third-order valence-corrected chi connectivity index (χ3v) is 4.39. The Morgan fingerprint density at radius 2 is 1.95 bits per heavy atom. The highest BCUT2D eigenvalue weighted by atomic mass is 19.1. The van der Waals surface area contributed by atoms with E-state index in [0.717, 1.165) is 37.0 Å². The van der Waals surface area contributed by atoms with Crippen molar-refractivity contribution in [1.29, 1.82) is 0 Å². The largest absolute Gasteiger partial charge is 0.388 e. The normalized spacial score (nSPS) is 26.3. The van der Waals surface area contributed by atoms with E-state index in [9.17, 15) is 9.50 Å². The molecule has 1 fully saturated rings. The Morgan fingerprint density at radius 1 is 1.26 bits per heavy atom. The lowest BCUT2D eigenvalue weighted by Gasteiger charge is -2.35. The predicted octanol–water partition coefficient (Wildman–Crippen LogP) is 3.23. The van der Waals surface area contributed by atoms with Gasteiger partial charge >= 0.3 is 0 Å². The summed E-state index contributed by atoms with van der Waals surface area (Å²) in [5.74, 6) is 1.28. The maximum atomic E-state index is 12.8. The van der Waals surface area contributed by atoms with Crippen LogP contribution in [0.25, 0.3) is 0 Å². The second kappa shape index (κ2) is 6.49. The summed E-state index contributed by atoms with van der Waals surface area (Å²) < 4.78 is 12.8. The van der Waals surface area contributed by atoms with Crippen molar-refractivity contribution < 1.29 is 9.50 Å². The summed E-state index contributed by atoms with van der Waals surface area (Å²) in [6, 6.07) is 6.15. The van der Waals surface area contributed by atoms with E-state index in [0.29, 0.717) is 6.42 Å². The summed E-state index contributed by atoms with van der Waals surface area (Å²) in [6.45, 7) is 7.77. The van der Waals surface area contributed by atoms with Gasteiger partial charge in [0.2, 0.25) is 0 Å². The highest BCUT2D eigenvalue weighted by Crippen LogP contribution is 2.24. The van der Waals surface area contributed by atoms with Gasteiger partial charge in [-0.25, -0.2) is 4.39 Å². The van der Waals surface area contributed by atoms with Crippen molar-refractivity contribution in [3.8, 4) is 0 Å². The molecule has 2 rings (SSSR count). The molecule has 2 nitrogen and oxygen atoms in total. The molecule has 1 aromatic rings. The lowest BCUT2D eigenvalue weighted by molar-refractivity contribution is 0.103. The van der Waals surface area contributed by atoms with Crippen molar-refractivity contribution in [2.45, 2.75) is 32.8 Å². The zero-order chi connectivity index (χ0) is 13.8. The Kier molecular flexibility index (Phi) is 4.94. The van der Waals surface area contributed by atoms with E-state index in [1.54, 1.807) is 12.1 Å². The fraction of sp³-hybridized carbons (Fsp3) is 0.625. The van der Waals surface area contributed by atoms with Crippen LogP contribution in [0.2, 0.25) is 0 Å². The molecular formula is C16H24FNO. The van der Waals surface area contributed by atoms with Crippen molar-refractivity contribution in [2.24, 2.45) is 11.8 Å². The molecule has 3 unspecified atom stereocenters. The van der Waals surface area contributed by atoms with Crippen molar-refractivity contribution in [3.05, 3.63) is 35.6 Å². The third-order valence-electron chi connectivity index (χ3n) is 4.39. The van der Waals surface area contributed by atoms with Gasteiger partial charge in [-0.15, -0.1) is 0 Å². The van der Waals surface area contributed by atoms with Crippen molar-refractivity contribution in [1.82, 2.24) is 4.90 Å². The minimum Gasteiger partial charge on any atom is -0.388 e. The molecular weight excluding hydrogens is 241 g/mol. The highest BCUT2D eigenvalue weighted by molar-refractivity contribution is 5.18. The monoisotopic (exact) mass is 265 g/mol. The van der Waals surface area contributed by atoms with Crippen LogP contribution < -0.4 is 0 Å². The summed E-state index contributed by atoms with van der Waals surface area (Å²) in [7, 11) is 0. The smallest absolute Gasteiger partial charge is 0.123 e. The third kappa shape index (κ3) is 4.02. The van der Waals surface area contributed by atoms with Gasteiger partial charge < -0.3 is 10.0 Å². The zero-order valence-corrected chi connectivity index (χ0v) is 11.8. The summed E-state index contributed by atoms with van der Waals surface area (Å²) in [6.07, 6.45) is 1.47. The Bertz CT molecular complexity index is 392. The molecule has 0 aliphatic carbocycles. The van der Waals surface area contributed by atoms with Crippen LogP contribution in [-0.2, 0) is 0 Å². The molecule has 0 amide bonds. The van der Waals surface area contributed by atoms with Crippen LogP contribution in [-0.4, -0.2) is 29.6 Å². The molecule has 1 aliphatic heterocycles. The maximum Gasteiger partial charge on any atom is 0.123 e. The van der Waals surface area contributed by atoms with E-state index in [2.05, 4.69) is 18.7 Å². The highest BCUT2D eigenvalue weighted by Gasteiger charge is 2.22. The number of rotatable bonds is 4. The van der Waals surface area contributed by atoms with Gasteiger partial charge in [-0.2, -0.15) is 0 Å². The zero-order valence-electron chi connectivity index (χ0n) is 11.8. The standard InChI is InChI=1S/C16H24FNO/c1-12-7-9-18(11-13(12)2)10-8-16(19)14-3-5-15(17)6-4-14/h3-6,12-13,16,19H,7-11H2,1-2H3. The average Bonchev–Trinajstić information content (AvgIpc) is 2.40. The van der Waals surface area contributed by atoms with Gasteiger partial charge in [0.1, 0.15) is 5.82 Å². The molecule has 1 heterocycles. The van der Waals surface area contributed by atoms with E-state index in [4.69, 9.17) is 0 Å². The van der Waals surface area contributed by atoms with E-state index in [1.807, 2.05) is 0 Å². The average molecular weight is 265 g/mol. The number of aliphatic hydroxyl groups excluding tert-OH is 1. The van der Waals surface area contributed by atoms with Crippen LogP contribution >= 0.6 is 0 Å². The number of benzene rings is 1. The molecule has 0 aromatic heterocycles. The summed E-state index contributed by atoms with van der Waals surface area (Å²) >= 11 is 0. The number of halogens is 1. The Balaban J connectivity index is 1.80. The first-order valence-corrected chi connectivity index (χ1v) is 7.22. The maximum absolute atomic E-state index is 12.8. The van der Waals surface area contributed by atoms with E-state index < -0.39 is 6.10 Å². The summed E-state index contributed by atoms with van der Waals surface area (Å²) in [5.41, 5.74) is 0.805. The van der Waals surface area contributed by atoms with Gasteiger partial charge in [-0.1, -0.05) is 26.0 Å². The number of hydrogen-bond acceptors (Lipinski definition) is 2. The molecule has 19 heavy (non-hydrogen) atoms. The minimum absolute atomic E-state index is 0.255. The number of aliphatic hydroxyl groups is 1. The van der Waals surface area contributed by atoms with Crippen LogP contribution in [0.4, 0.5) is 4.39 Å². The summed E-state index contributed by atoms with van der Waals surface area (Å²) in [4.78, 5) is 2.43. The second-order valence-corrected chi connectivity index (χ2v) is 5.90. The molecule has 1 saturated heterocycles. The Hall–Kier alpha value is -0.930. The fourth-order valence-corrected chi connectivity index (χ4v) is 2.71. The molecule has 106 valence electrons. The molecule has 1 aliphatic rings. The van der Waals surface area contributed by atoms with Gasteiger partial charge in [-0.3, -0.25) is 0 Å². The van der Waals surface area contributed by atoms with E-state index in [-0.39, 0.29) is 5.82 Å². The molecule has 1 N–H and O–H groups in total. The van der Waals surface area contributed by atoms with Gasteiger partial charge in [0, 0.05) is 13.1 Å². The number of nitrogens with zero attached hydrogens (tertiary/aromatic N) is 1. The van der Waals surface area contributed by atoms with Crippen molar-refractivity contribution in [2.75, 3.05) is 19.6 Å². The van der Waals surface area contributed by atoms with Gasteiger partial charge in [-0.05, 0) is 48.9 Å². The number of likely N-dealkylation sites (tertiary alicyclic amines) is 1. The van der Waals surface area contributed by atoms with Crippen molar-refractivity contribution >= 4 is 0 Å². The molecule has 0 radical (unpaired) electrons. The Labute approximate surface area is 115 Å². The molecule has 1 aromatic carbocycles. The predicted molar refractivity (Wildman–Crippen MR) is 75.4 cm³/mol. The first-order chi connectivity index (χ1) is 9.06. The van der Waals surface area contributed by atoms with Crippen LogP contribution in [0.3, 0.4) is 0 Å². The lowest BCUT2D eigenvalue weighted by Crippen LogP contribution is -2.39. The number of piperidine rings is 1. The van der Waals surface area contributed by atoms with E-state index in [1.165, 1.54) is 18.6 Å². The van der Waals surface area contributed by atoms with Gasteiger partial charge in [0.15, 0.2) is 0 Å².